The predicted octanol–water partition coefficient (Wildman–Crippen LogP) is 4.76. The molecule has 1 saturated heterocycles. The first kappa shape index (κ1) is 20.5. The Kier molecular flexibility index (Phi) is 6.11. The molecule has 0 amide bonds. The van der Waals surface area contributed by atoms with Gasteiger partial charge in [-0.3, -0.25) is 0 Å². The fraction of sp³-hybridized carbons (Fsp3) is 0.600. The summed E-state index contributed by atoms with van der Waals surface area (Å²) < 4.78 is 4.51. The minimum atomic E-state index is 0.147. The van der Waals surface area contributed by atoms with Crippen molar-refractivity contribution in [3.63, 3.8) is 0 Å². The topological polar surface area (TPSA) is 61.9 Å². The highest BCUT2D eigenvalue weighted by Crippen LogP contribution is 2.29. The van der Waals surface area contributed by atoms with E-state index in [9.17, 15) is 0 Å². The number of benzene rings is 1. The number of anilines is 2. The number of hydrogen-bond acceptors (Lipinski definition) is 6. The smallest absolute Gasteiger partial charge is 0.207 e. The van der Waals surface area contributed by atoms with Crippen LogP contribution in [0.15, 0.2) is 24.3 Å². The fourth-order valence-corrected chi connectivity index (χ4v) is 4.96. The van der Waals surface area contributed by atoms with Crippen molar-refractivity contribution in [3.8, 4) is 0 Å². The number of aromatic nitrogens is 2. The van der Waals surface area contributed by atoms with Crippen LogP contribution in [0.5, 0.6) is 0 Å². The van der Waals surface area contributed by atoms with Crippen LogP contribution >= 0.6 is 23.1 Å². The zero-order valence-corrected chi connectivity index (χ0v) is 18.3. The van der Waals surface area contributed by atoms with Crippen LogP contribution in [0.1, 0.15) is 53.3 Å². The largest absolute Gasteiger partial charge is 0.330 e. The first-order valence-electron chi connectivity index (χ1n) is 9.51. The van der Waals surface area contributed by atoms with E-state index in [2.05, 4.69) is 59.9 Å². The van der Waals surface area contributed by atoms with E-state index in [0.717, 1.165) is 40.9 Å². The summed E-state index contributed by atoms with van der Waals surface area (Å²) in [6.07, 6.45) is 3.06. The number of nitrogens with zero attached hydrogens (tertiary/aromatic N) is 2. The zero-order valence-electron chi connectivity index (χ0n) is 16.8. The average Bonchev–Trinajstić information content (AvgIpc) is 2.93. The molecule has 0 spiro atoms. The number of rotatable bonds is 6. The molecule has 0 bridgehead atoms. The molecule has 148 valence electrons. The van der Waals surface area contributed by atoms with Gasteiger partial charge in [0.2, 0.25) is 5.13 Å². The molecule has 2 heterocycles. The summed E-state index contributed by atoms with van der Waals surface area (Å²) in [5.74, 6) is 0.879. The zero-order chi connectivity index (χ0) is 19.7. The van der Waals surface area contributed by atoms with Crippen LogP contribution in [0.2, 0.25) is 5.02 Å². The summed E-state index contributed by atoms with van der Waals surface area (Å²) in [7, 11) is 0. The Morgan fingerprint density at radius 1 is 1.19 bits per heavy atom. The van der Waals surface area contributed by atoms with E-state index >= 15 is 0 Å². The highest BCUT2D eigenvalue weighted by atomic mass is 35.5. The first-order valence-corrected chi connectivity index (χ1v) is 10.7. The van der Waals surface area contributed by atoms with E-state index in [4.69, 9.17) is 11.6 Å². The molecule has 1 aliphatic heterocycles. The second-order valence-corrected chi connectivity index (χ2v) is 10.1. The Morgan fingerprint density at radius 3 is 2.44 bits per heavy atom. The number of halogens is 1. The van der Waals surface area contributed by atoms with Crippen LogP contribution < -0.4 is 16.0 Å². The highest BCUT2D eigenvalue weighted by Gasteiger charge is 2.37. The molecular weight excluding hydrogens is 378 g/mol. The first-order chi connectivity index (χ1) is 12.6. The standard InChI is InChI=1S/C20H30ClN5S/c1-13(22-16-11-19(2,3)26-20(4,5)12-16)10-17-24-18(27-25-17)23-15-8-6-14(21)7-9-15/h6-9,13,16,22,26H,10-12H2,1-5H3,(H,23,24,25). The molecule has 1 atom stereocenters. The molecule has 1 aromatic heterocycles. The molecule has 1 aromatic carbocycles. The maximum absolute atomic E-state index is 5.93. The Morgan fingerprint density at radius 2 is 1.81 bits per heavy atom. The van der Waals surface area contributed by atoms with Gasteiger partial charge in [-0.15, -0.1) is 0 Å². The quantitative estimate of drug-likeness (QED) is 0.644. The lowest BCUT2D eigenvalue weighted by atomic mass is 9.79. The van der Waals surface area contributed by atoms with Gasteiger partial charge in [-0.25, -0.2) is 4.98 Å². The van der Waals surface area contributed by atoms with Crippen LogP contribution in [0.3, 0.4) is 0 Å². The second kappa shape index (κ2) is 8.03. The predicted molar refractivity (Wildman–Crippen MR) is 115 cm³/mol. The Hall–Kier alpha value is -1.21. The van der Waals surface area contributed by atoms with Crippen molar-refractivity contribution in [2.75, 3.05) is 5.32 Å². The molecule has 1 aliphatic rings. The van der Waals surface area contributed by atoms with Gasteiger partial charge in [0.1, 0.15) is 5.82 Å². The van der Waals surface area contributed by atoms with Crippen LogP contribution in [0, 0.1) is 0 Å². The van der Waals surface area contributed by atoms with Crippen LogP contribution in [0.25, 0.3) is 0 Å². The maximum atomic E-state index is 5.93. The summed E-state index contributed by atoms with van der Waals surface area (Å²) in [5, 5.41) is 12.3. The molecule has 2 aromatic rings. The normalized spacial score (nSPS) is 20.4. The summed E-state index contributed by atoms with van der Waals surface area (Å²) >= 11 is 7.32. The third-order valence-electron chi connectivity index (χ3n) is 4.76. The minimum Gasteiger partial charge on any atom is -0.330 e. The monoisotopic (exact) mass is 407 g/mol. The van der Waals surface area contributed by atoms with Gasteiger partial charge in [-0.1, -0.05) is 11.6 Å². The summed E-state index contributed by atoms with van der Waals surface area (Å²) in [5.41, 5.74) is 1.26. The Labute approximate surface area is 171 Å². The van der Waals surface area contributed by atoms with Crippen molar-refractivity contribution >= 4 is 34.0 Å². The molecule has 27 heavy (non-hydrogen) atoms. The molecule has 0 saturated carbocycles. The Bertz CT molecular complexity index is 740. The molecule has 3 N–H and O–H groups in total. The highest BCUT2D eigenvalue weighted by molar-refractivity contribution is 7.09. The summed E-state index contributed by atoms with van der Waals surface area (Å²) in [6.45, 7) is 11.3. The van der Waals surface area contributed by atoms with Crippen LogP contribution in [-0.4, -0.2) is 32.5 Å². The van der Waals surface area contributed by atoms with Crippen LogP contribution in [-0.2, 0) is 6.42 Å². The lowest BCUT2D eigenvalue weighted by Gasteiger charge is -2.47. The molecule has 1 fully saturated rings. The summed E-state index contributed by atoms with van der Waals surface area (Å²) in [6, 6.07) is 8.43. The molecule has 5 nitrogen and oxygen atoms in total. The number of hydrogen-bond donors (Lipinski definition) is 3. The minimum absolute atomic E-state index is 0.147. The molecular formula is C20H30ClN5S. The number of nitrogens with one attached hydrogen (secondary N) is 3. The van der Waals surface area contributed by atoms with E-state index in [0.29, 0.717) is 12.1 Å². The van der Waals surface area contributed by atoms with Crippen molar-refractivity contribution in [3.05, 3.63) is 35.1 Å². The third kappa shape index (κ3) is 6.14. The van der Waals surface area contributed by atoms with Crippen molar-refractivity contribution in [2.45, 2.75) is 77.0 Å². The number of piperidine rings is 1. The van der Waals surface area contributed by atoms with Gasteiger partial charge in [-0.05, 0) is 71.7 Å². The van der Waals surface area contributed by atoms with Crippen molar-refractivity contribution < 1.29 is 0 Å². The molecule has 0 aliphatic carbocycles. The second-order valence-electron chi connectivity index (χ2n) is 8.92. The average molecular weight is 408 g/mol. The molecule has 1 unspecified atom stereocenters. The van der Waals surface area contributed by atoms with Gasteiger partial charge < -0.3 is 16.0 Å². The fourth-order valence-electron chi connectivity index (χ4n) is 4.22. The van der Waals surface area contributed by atoms with Crippen molar-refractivity contribution in [1.82, 2.24) is 20.0 Å². The Balaban J connectivity index is 1.54. The van der Waals surface area contributed by atoms with Crippen LogP contribution in [0.4, 0.5) is 10.8 Å². The van der Waals surface area contributed by atoms with E-state index in [1.54, 1.807) is 0 Å². The molecule has 3 rings (SSSR count). The van der Waals surface area contributed by atoms with E-state index in [-0.39, 0.29) is 11.1 Å². The van der Waals surface area contributed by atoms with Gasteiger partial charge in [0.25, 0.3) is 0 Å². The van der Waals surface area contributed by atoms with Crippen molar-refractivity contribution in [1.29, 1.82) is 0 Å². The lowest BCUT2D eigenvalue weighted by Crippen LogP contribution is -2.62. The maximum Gasteiger partial charge on any atom is 0.207 e. The molecule has 0 radical (unpaired) electrons. The van der Waals surface area contributed by atoms with Gasteiger partial charge in [0, 0.05) is 51.8 Å². The van der Waals surface area contributed by atoms with Gasteiger partial charge in [0.15, 0.2) is 0 Å². The SMILES string of the molecule is CC(Cc1nsc(Nc2ccc(Cl)cc2)n1)NC1CC(C)(C)NC(C)(C)C1. The van der Waals surface area contributed by atoms with E-state index in [1.165, 1.54) is 11.5 Å². The van der Waals surface area contributed by atoms with Gasteiger partial charge in [-0.2, -0.15) is 4.37 Å². The lowest BCUT2D eigenvalue weighted by molar-refractivity contribution is 0.140. The summed E-state index contributed by atoms with van der Waals surface area (Å²) in [4.78, 5) is 4.63. The van der Waals surface area contributed by atoms with Gasteiger partial charge >= 0.3 is 0 Å². The van der Waals surface area contributed by atoms with Crippen molar-refractivity contribution in [2.24, 2.45) is 0 Å². The van der Waals surface area contributed by atoms with E-state index in [1.807, 2.05) is 24.3 Å². The molecule has 7 heteroatoms. The van der Waals surface area contributed by atoms with E-state index < -0.39 is 0 Å². The third-order valence-corrected chi connectivity index (χ3v) is 5.68. The van der Waals surface area contributed by atoms with Gasteiger partial charge in [0.05, 0.1) is 0 Å².